The van der Waals surface area contributed by atoms with E-state index < -0.39 is 28.7 Å². The highest BCUT2D eigenvalue weighted by Gasteiger charge is 2.31. The predicted molar refractivity (Wildman–Crippen MR) is 108 cm³/mol. The summed E-state index contributed by atoms with van der Waals surface area (Å²) in [7, 11) is 0. The number of thiazole rings is 1. The number of carbonyl (C=O) groups is 2. The lowest BCUT2D eigenvalue weighted by atomic mass is 10.1. The molecular weight excluding hydrogens is 430 g/mol. The molecule has 0 saturated heterocycles. The summed E-state index contributed by atoms with van der Waals surface area (Å²) in [5.41, 5.74) is 0.0776. The zero-order chi connectivity index (χ0) is 21.6. The van der Waals surface area contributed by atoms with Crippen LogP contribution in [0.5, 0.6) is 5.88 Å². The zero-order valence-electron chi connectivity index (χ0n) is 14.9. The van der Waals surface area contributed by atoms with Crippen LogP contribution in [0.3, 0.4) is 0 Å². The number of carboxylic acids is 1. The van der Waals surface area contributed by atoms with Gasteiger partial charge in [-0.3, -0.25) is 19.5 Å². The van der Waals surface area contributed by atoms with Crippen LogP contribution < -0.4 is 10.6 Å². The van der Waals surface area contributed by atoms with E-state index in [0.29, 0.717) is 5.56 Å². The minimum atomic E-state index is -1.32. The second-order valence-corrected chi connectivity index (χ2v) is 7.94. The molecule has 2 N–H and O–H groups in total. The SMILES string of the molecule is O=C1N=c2ccc([N+](=O)[O-])cc2=C1c1sc(=S)n(C(C(=O)O)c2ccccc2)c1O. The van der Waals surface area contributed by atoms with Crippen LogP contribution in [0.15, 0.2) is 53.5 Å². The third-order valence-electron chi connectivity index (χ3n) is 4.55. The summed E-state index contributed by atoms with van der Waals surface area (Å²) in [6.07, 6.45) is 0. The highest BCUT2D eigenvalue weighted by Crippen LogP contribution is 2.37. The maximum Gasteiger partial charge on any atom is 0.331 e. The molecule has 1 aliphatic heterocycles. The molecule has 11 heteroatoms. The number of aliphatic carboxylic acids is 1. The monoisotopic (exact) mass is 441 g/mol. The van der Waals surface area contributed by atoms with Gasteiger partial charge < -0.3 is 10.2 Å². The molecule has 1 aromatic heterocycles. The van der Waals surface area contributed by atoms with E-state index in [2.05, 4.69) is 4.99 Å². The first-order valence-electron chi connectivity index (χ1n) is 8.44. The van der Waals surface area contributed by atoms with E-state index in [1.165, 1.54) is 18.2 Å². The number of carboxylic acid groups (broad SMARTS) is 1. The smallest absolute Gasteiger partial charge is 0.331 e. The van der Waals surface area contributed by atoms with E-state index in [-0.39, 0.29) is 30.7 Å². The molecule has 0 radical (unpaired) electrons. The predicted octanol–water partition coefficient (Wildman–Crippen LogP) is 1.93. The van der Waals surface area contributed by atoms with Gasteiger partial charge in [-0.15, -0.1) is 11.3 Å². The van der Waals surface area contributed by atoms with Crippen molar-refractivity contribution in [1.29, 1.82) is 0 Å². The van der Waals surface area contributed by atoms with Gasteiger partial charge in [0, 0.05) is 17.4 Å². The molecule has 1 atom stereocenters. The third-order valence-corrected chi connectivity index (χ3v) is 5.96. The van der Waals surface area contributed by atoms with Crippen LogP contribution in [0.25, 0.3) is 5.57 Å². The number of aromatic hydroxyl groups is 1. The maximum absolute atomic E-state index is 12.5. The number of hydrogen-bond acceptors (Lipinski definition) is 7. The number of nitrogens with zero attached hydrogens (tertiary/aromatic N) is 3. The minimum Gasteiger partial charge on any atom is -0.493 e. The average molecular weight is 441 g/mol. The number of nitro benzene ring substituents is 1. The molecule has 1 unspecified atom stereocenters. The van der Waals surface area contributed by atoms with Crippen molar-refractivity contribution in [3.8, 4) is 5.88 Å². The number of amides is 1. The van der Waals surface area contributed by atoms with E-state index in [9.17, 15) is 29.9 Å². The van der Waals surface area contributed by atoms with Gasteiger partial charge in [0.15, 0.2) is 10.00 Å². The fourth-order valence-corrected chi connectivity index (χ4v) is 4.64. The number of non-ortho nitro benzene ring substituents is 1. The summed E-state index contributed by atoms with van der Waals surface area (Å²) in [6.45, 7) is 0. The number of benzene rings is 2. The van der Waals surface area contributed by atoms with Crippen LogP contribution in [-0.2, 0) is 9.59 Å². The first-order chi connectivity index (χ1) is 14.3. The van der Waals surface area contributed by atoms with E-state index >= 15 is 0 Å². The summed E-state index contributed by atoms with van der Waals surface area (Å²) in [4.78, 5) is 38.9. The van der Waals surface area contributed by atoms with Gasteiger partial charge in [-0.25, -0.2) is 9.79 Å². The Morgan fingerprint density at radius 2 is 1.93 bits per heavy atom. The summed E-state index contributed by atoms with van der Waals surface area (Å²) >= 11 is 6.13. The van der Waals surface area contributed by atoms with Gasteiger partial charge in [0.05, 0.1) is 15.9 Å². The first kappa shape index (κ1) is 19.6. The summed E-state index contributed by atoms with van der Waals surface area (Å²) in [5, 5.41) is 32.2. The molecule has 2 aromatic carbocycles. The fraction of sp³-hybridized carbons (Fsp3) is 0.0526. The normalized spacial score (nSPS) is 13.6. The van der Waals surface area contributed by atoms with Crippen LogP contribution in [0.4, 0.5) is 5.69 Å². The third kappa shape index (κ3) is 3.09. The van der Waals surface area contributed by atoms with Gasteiger partial charge in [0.1, 0.15) is 4.88 Å². The number of carbonyl (C=O) groups excluding carboxylic acids is 1. The number of fused-ring (bicyclic) bond motifs is 1. The molecular formula is C19H11N3O6S2. The Kier molecular flexibility index (Phi) is 4.76. The van der Waals surface area contributed by atoms with E-state index in [1.54, 1.807) is 30.3 Å². The van der Waals surface area contributed by atoms with Crippen molar-refractivity contribution in [3.05, 3.63) is 83.6 Å². The van der Waals surface area contributed by atoms with Gasteiger partial charge in [-0.05, 0) is 23.8 Å². The standard InChI is InChI=1S/C19H11N3O6S2/c23-16-13(11-8-10(22(27)28)6-7-12(11)20-16)15-17(24)21(19(29)30-15)14(18(25)26)9-4-2-1-3-5-9/h1-8,14,24H,(H,25,26). The maximum atomic E-state index is 12.5. The lowest BCUT2D eigenvalue weighted by molar-refractivity contribution is -0.385. The molecule has 30 heavy (non-hydrogen) atoms. The van der Waals surface area contributed by atoms with Crippen LogP contribution in [-0.4, -0.2) is 31.6 Å². The largest absolute Gasteiger partial charge is 0.493 e. The van der Waals surface area contributed by atoms with E-state index in [1.807, 2.05) is 0 Å². The molecule has 150 valence electrons. The van der Waals surface area contributed by atoms with Crippen molar-refractivity contribution in [2.45, 2.75) is 6.04 Å². The Morgan fingerprint density at radius 3 is 2.57 bits per heavy atom. The molecule has 0 aliphatic carbocycles. The highest BCUT2D eigenvalue weighted by molar-refractivity contribution is 7.73. The summed E-state index contributed by atoms with van der Waals surface area (Å²) in [5.74, 6) is -2.46. The van der Waals surface area contributed by atoms with Gasteiger partial charge in [0.25, 0.3) is 11.6 Å². The second kappa shape index (κ2) is 7.28. The van der Waals surface area contributed by atoms with Crippen molar-refractivity contribution in [1.82, 2.24) is 4.57 Å². The van der Waals surface area contributed by atoms with Gasteiger partial charge >= 0.3 is 5.97 Å². The molecule has 0 spiro atoms. The number of rotatable bonds is 5. The lowest BCUT2D eigenvalue weighted by Gasteiger charge is -2.15. The minimum absolute atomic E-state index is 0.00943. The Hall–Kier alpha value is -3.70. The van der Waals surface area contributed by atoms with Gasteiger partial charge in [0.2, 0.25) is 5.88 Å². The summed E-state index contributed by atoms with van der Waals surface area (Å²) in [6, 6.07) is 10.6. The van der Waals surface area contributed by atoms with Crippen molar-refractivity contribution in [2.75, 3.05) is 0 Å². The van der Waals surface area contributed by atoms with E-state index in [0.717, 1.165) is 15.9 Å². The molecule has 1 amide bonds. The molecule has 0 bridgehead atoms. The topological polar surface area (TPSA) is 135 Å². The van der Waals surface area contributed by atoms with Crippen molar-refractivity contribution >= 4 is 46.7 Å². The quantitative estimate of drug-likeness (QED) is 0.351. The Morgan fingerprint density at radius 1 is 1.23 bits per heavy atom. The summed E-state index contributed by atoms with van der Waals surface area (Å²) < 4.78 is 1.07. The second-order valence-electron chi connectivity index (χ2n) is 6.29. The fourth-order valence-electron chi connectivity index (χ4n) is 3.24. The first-order valence-corrected chi connectivity index (χ1v) is 9.66. The molecule has 9 nitrogen and oxygen atoms in total. The molecule has 3 aromatic rings. The van der Waals surface area contributed by atoms with Crippen LogP contribution in [0.2, 0.25) is 0 Å². The number of nitro groups is 1. The van der Waals surface area contributed by atoms with Crippen LogP contribution in [0.1, 0.15) is 16.5 Å². The lowest BCUT2D eigenvalue weighted by Crippen LogP contribution is -2.23. The Labute approximate surface area is 176 Å². The Bertz CT molecular complexity index is 1410. The van der Waals surface area contributed by atoms with Gasteiger partial charge in [-0.2, -0.15) is 0 Å². The molecule has 0 saturated carbocycles. The zero-order valence-corrected chi connectivity index (χ0v) is 16.5. The molecule has 4 rings (SSSR count). The van der Waals surface area contributed by atoms with Crippen LogP contribution >= 0.6 is 23.6 Å². The number of aromatic nitrogens is 1. The van der Waals surface area contributed by atoms with Crippen molar-refractivity contribution < 1.29 is 24.7 Å². The van der Waals surface area contributed by atoms with Crippen molar-refractivity contribution in [2.24, 2.45) is 4.99 Å². The molecule has 1 aliphatic rings. The molecule has 2 heterocycles. The van der Waals surface area contributed by atoms with E-state index in [4.69, 9.17) is 12.2 Å². The van der Waals surface area contributed by atoms with Gasteiger partial charge in [-0.1, -0.05) is 30.3 Å². The highest BCUT2D eigenvalue weighted by atomic mass is 32.1. The van der Waals surface area contributed by atoms with Crippen LogP contribution in [0, 0.1) is 14.1 Å². The average Bonchev–Trinajstić information content (AvgIpc) is 3.18. The van der Waals surface area contributed by atoms with Crippen molar-refractivity contribution in [3.63, 3.8) is 0 Å². The Balaban J connectivity index is 1.98. The number of hydrogen-bond donors (Lipinski definition) is 2. The molecule has 0 fully saturated rings.